The zero-order valence-electron chi connectivity index (χ0n) is 12.4. The van der Waals surface area contributed by atoms with Gasteiger partial charge in [0.15, 0.2) is 0 Å². The summed E-state index contributed by atoms with van der Waals surface area (Å²) in [7, 11) is 1.89. The highest BCUT2D eigenvalue weighted by atomic mass is 16.2. The Kier molecular flexibility index (Phi) is 3.79. The van der Waals surface area contributed by atoms with E-state index >= 15 is 0 Å². The van der Waals surface area contributed by atoms with Crippen LogP contribution in [0.5, 0.6) is 0 Å². The van der Waals surface area contributed by atoms with Gasteiger partial charge in [0.1, 0.15) is 0 Å². The predicted molar refractivity (Wildman–Crippen MR) is 81.9 cm³/mol. The molecule has 0 radical (unpaired) electrons. The molecule has 1 heterocycles. The fraction of sp³-hybridized carbons (Fsp3) is 0.588. The summed E-state index contributed by atoms with van der Waals surface area (Å²) in [4.78, 5) is 14.4. The lowest BCUT2D eigenvalue weighted by Gasteiger charge is -2.24. The molecule has 3 unspecified atom stereocenters. The Hall–Kier alpha value is -1.35. The van der Waals surface area contributed by atoms with E-state index in [-0.39, 0.29) is 11.9 Å². The van der Waals surface area contributed by atoms with E-state index in [1.54, 1.807) is 4.90 Å². The van der Waals surface area contributed by atoms with Gasteiger partial charge >= 0.3 is 0 Å². The summed E-state index contributed by atoms with van der Waals surface area (Å²) in [5, 5.41) is 3.56. The second-order valence-corrected chi connectivity index (χ2v) is 6.34. The first kappa shape index (κ1) is 13.6. The number of nitrogens with zero attached hydrogens (tertiary/aromatic N) is 1. The Morgan fingerprint density at radius 2 is 1.90 bits per heavy atom. The standard InChI is InChI=1S/C17H24N2O/c1-12-7-9-14(10-8-12)19(2)17(20)16-11-13-5-3-4-6-15(13)18-16/h7-10,13,15-16,18H,3-6,11H2,1-2H3. The van der Waals surface area contributed by atoms with Gasteiger partial charge in [-0.15, -0.1) is 0 Å². The lowest BCUT2D eigenvalue weighted by atomic mass is 9.85. The smallest absolute Gasteiger partial charge is 0.243 e. The average molecular weight is 272 g/mol. The van der Waals surface area contributed by atoms with Crippen LogP contribution < -0.4 is 10.2 Å². The summed E-state index contributed by atoms with van der Waals surface area (Å²) in [6, 6.07) is 8.74. The van der Waals surface area contributed by atoms with Crippen molar-refractivity contribution in [2.75, 3.05) is 11.9 Å². The van der Waals surface area contributed by atoms with Gasteiger partial charge in [0, 0.05) is 18.8 Å². The van der Waals surface area contributed by atoms with Crippen LogP contribution in [-0.4, -0.2) is 25.0 Å². The molecule has 3 nitrogen and oxygen atoms in total. The van der Waals surface area contributed by atoms with Crippen molar-refractivity contribution in [3.8, 4) is 0 Å². The van der Waals surface area contributed by atoms with Gasteiger partial charge < -0.3 is 10.2 Å². The molecule has 1 amide bonds. The number of carbonyl (C=O) groups is 1. The van der Waals surface area contributed by atoms with Crippen LogP contribution in [0.1, 0.15) is 37.7 Å². The average Bonchev–Trinajstić information content (AvgIpc) is 2.90. The van der Waals surface area contributed by atoms with Crippen molar-refractivity contribution in [1.29, 1.82) is 0 Å². The zero-order chi connectivity index (χ0) is 14.1. The molecule has 0 aromatic heterocycles. The van der Waals surface area contributed by atoms with Crippen LogP contribution in [0.25, 0.3) is 0 Å². The van der Waals surface area contributed by atoms with Crippen LogP contribution in [0.15, 0.2) is 24.3 Å². The quantitative estimate of drug-likeness (QED) is 0.898. The molecule has 20 heavy (non-hydrogen) atoms. The number of carbonyl (C=O) groups excluding carboxylic acids is 1. The van der Waals surface area contributed by atoms with Gasteiger partial charge in [0.05, 0.1) is 6.04 Å². The van der Waals surface area contributed by atoms with Crippen molar-refractivity contribution in [2.24, 2.45) is 5.92 Å². The number of hydrogen-bond acceptors (Lipinski definition) is 2. The number of nitrogens with one attached hydrogen (secondary N) is 1. The highest BCUT2D eigenvalue weighted by molar-refractivity contribution is 5.97. The summed E-state index contributed by atoms with van der Waals surface area (Å²) < 4.78 is 0. The number of benzene rings is 1. The van der Waals surface area contributed by atoms with E-state index in [0.717, 1.165) is 12.1 Å². The lowest BCUT2D eigenvalue weighted by Crippen LogP contribution is -2.44. The molecule has 0 bridgehead atoms. The number of aryl methyl sites for hydroxylation is 1. The van der Waals surface area contributed by atoms with E-state index in [0.29, 0.717) is 12.0 Å². The van der Waals surface area contributed by atoms with Gasteiger partial charge in [-0.25, -0.2) is 0 Å². The molecule has 1 aliphatic carbocycles. The van der Waals surface area contributed by atoms with Crippen molar-refractivity contribution >= 4 is 11.6 Å². The maximum atomic E-state index is 12.6. The minimum atomic E-state index is 0.00871. The maximum absolute atomic E-state index is 12.6. The van der Waals surface area contributed by atoms with E-state index in [2.05, 4.69) is 24.4 Å². The van der Waals surface area contributed by atoms with Crippen LogP contribution in [0.2, 0.25) is 0 Å². The van der Waals surface area contributed by atoms with E-state index in [4.69, 9.17) is 0 Å². The Morgan fingerprint density at radius 3 is 2.60 bits per heavy atom. The summed E-state index contributed by atoms with van der Waals surface area (Å²) in [6.07, 6.45) is 6.18. The molecule has 1 aliphatic heterocycles. The molecule has 3 rings (SSSR count). The van der Waals surface area contributed by atoms with Crippen LogP contribution in [0, 0.1) is 12.8 Å². The zero-order valence-corrected chi connectivity index (χ0v) is 12.4. The third kappa shape index (κ3) is 2.59. The second-order valence-electron chi connectivity index (χ2n) is 6.34. The van der Waals surface area contributed by atoms with Crippen LogP contribution in [0.3, 0.4) is 0 Å². The first-order valence-electron chi connectivity index (χ1n) is 7.75. The molecule has 108 valence electrons. The third-order valence-electron chi connectivity index (χ3n) is 4.91. The largest absolute Gasteiger partial charge is 0.314 e. The van der Waals surface area contributed by atoms with Gasteiger partial charge in [-0.3, -0.25) is 4.79 Å². The summed E-state index contributed by atoms with van der Waals surface area (Å²) in [6.45, 7) is 2.06. The molecule has 2 fully saturated rings. The van der Waals surface area contributed by atoms with Crippen molar-refractivity contribution in [3.63, 3.8) is 0 Å². The number of fused-ring (bicyclic) bond motifs is 1. The molecular weight excluding hydrogens is 248 g/mol. The maximum Gasteiger partial charge on any atom is 0.243 e. The second kappa shape index (κ2) is 5.57. The normalized spacial score (nSPS) is 29.0. The third-order valence-corrected chi connectivity index (χ3v) is 4.91. The lowest BCUT2D eigenvalue weighted by molar-refractivity contribution is -0.120. The van der Waals surface area contributed by atoms with Gasteiger partial charge in [-0.05, 0) is 44.2 Å². The van der Waals surface area contributed by atoms with E-state index < -0.39 is 0 Å². The highest BCUT2D eigenvalue weighted by Crippen LogP contribution is 2.34. The molecule has 1 saturated carbocycles. The van der Waals surface area contributed by atoms with Crippen molar-refractivity contribution in [2.45, 2.75) is 51.1 Å². The number of rotatable bonds is 2. The van der Waals surface area contributed by atoms with Crippen LogP contribution in [0.4, 0.5) is 5.69 Å². The van der Waals surface area contributed by atoms with Crippen LogP contribution in [-0.2, 0) is 4.79 Å². The van der Waals surface area contributed by atoms with Gasteiger partial charge in [0.25, 0.3) is 0 Å². The first-order chi connectivity index (χ1) is 9.65. The minimum absolute atomic E-state index is 0.00871. The van der Waals surface area contributed by atoms with Gasteiger partial charge in [0.2, 0.25) is 5.91 Å². The molecule has 1 N–H and O–H groups in total. The van der Waals surface area contributed by atoms with Gasteiger partial charge in [-0.1, -0.05) is 30.5 Å². The van der Waals surface area contributed by atoms with Gasteiger partial charge in [-0.2, -0.15) is 0 Å². The van der Waals surface area contributed by atoms with Crippen molar-refractivity contribution in [3.05, 3.63) is 29.8 Å². The number of likely N-dealkylation sites (N-methyl/N-ethyl adjacent to an activating group) is 1. The van der Waals surface area contributed by atoms with Crippen LogP contribution >= 0.6 is 0 Å². The molecule has 3 atom stereocenters. The summed E-state index contributed by atoms with van der Waals surface area (Å²) >= 11 is 0. The highest BCUT2D eigenvalue weighted by Gasteiger charge is 2.39. The molecule has 2 aliphatic rings. The molecule has 1 aromatic carbocycles. The molecular formula is C17H24N2O. The van der Waals surface area contributed by atoms with Crippen molar-refractivity contribution < 1.29 is 4.79 Å². The Labute approximate surface area is 121 Å². The Bertz CT molecular complexity index is 468. The van der Waals surface area contributed by atoms with Crippen molar-refractivity contribution in [1.82, 2.24) is 5.32 Å². The molecule has 0 spiro atoms. The van der Waals surface area contributed by atoms with E-state index in [1.807, 2.05) is 19.2 Å². The minimum Gasteiger partial charge on any atom is -0.314 e. The number of anilines is 1. The topological polar surface area (TPSA) is 32.3 Å². The summed E-state index contributed by atoms with van der Waals surface area (Å²) in [5.41, 5.74) is 2.21. The molecule has 1 saturated heterocycles. The fourth-order valence-corrected chi connectivity index (χ4v) is 3.64. The SMILES string of the molecule is Cc1ccc(N(C)C(=O)C2CC3CCCCC3N2)cc1. The molecule has 1 aromatic rings. The Morgan fingerprint density at radius 1 is 1.20 bits per heavy atom. The fourth-order valence-electron chi connectivity index (χ4n) is 3.64. The first-order valence-corrected chi connectivity index (χ1v) is 7.75. The Balaban J connectivity index is 1.68. The number of hydrogen-bond donors (Lipinski definition) is 1. The summed E-state index contributed by atoms with van der Waals surface area (Å²) in [5.74, 6) is 0.923. The number of amides is 1. The molecule has 3 heteroatoms. The predicted octanol–water partition coefficient (Wildman–Crippen LogP) is 2.88. The monoisotopic (exact) mass is 272 g/mol. The van der Waals surface area contributed by atoms with E-state index in [9.17, 15) is 4.79 Å². The van der Waals surface area contributed by atoms with E-state index in [1.165, 1.54) is 31.2 Å².